The summed E-state index contributed by atoms with van der Waals surface area (Å²) in [5.74, 6) is 2.19. The van der Waals surface area contributed by atoms with Crippen molar-refractivity contribution in [1.82, 2.24) is 0 Å². The van der Waals surface area contributed by atoms with Gasteiger partial charge in [0.1, 0.15) is 5.76 Å². The lowest BCUT2D eigenvalue weighted by atomic mass is 9.88. The van der Waals surface area contributed by atoms with E-state index in [1.54, 1.807) is 6.26 Å². The first kappa shape index (κ1) is 8.37. The molecule has 72 valence electrons. The Kier molecular flexibility index (Phi) is 1.81. The van der Waals surface area contributed by atoms with Gasteiger partial charge in [-0.3, -0.25) is 0 Å². The second-order valence-electron chi connectivity index (χ2n) is 3.97. The molecule has 2 aliphatic carbocycles. The quantitative estimate of drug-likeness (QED) is 0.638. The van der Waals surface area contributed by atoms with E-state index in [9.17, 15) is 0 Å². The van der Waals surface area contributed by atoms with Crippen molar-refractivity contribution in [2.24, 2.45) is 11.8 Å². The van der Waals surface area contributed by atoms with Gasteiger partial charge in [-0.15, -0.1) is 0 Å². The molecule has 3 rings (SSSR count). The van der Waals surface area contributed by atoms with E-state index in [-0.39, 0.29) is 0 Å². The van der Waals surface area contributed by atoms with Gasteiger partial charge in [-0.25, -0.2) is 0 Å². The van der Waals surface area contributed by atoms with Crippen LogP contribution in [0.2, 0.25) is 0 Å². The van der Waals surface area contributed by atoms with Crippen LogP contribution in [0, 0.1) is 11.8 Å². The Morgan fingerprint density at radius 3 is 3.00 bits per heavy atom. The van der Waals surface area contributed by atoms with E-state index >= 15 is 0 Å². The Labute approximate surface area is 88.4 Å². The molecule has 0 aromatic rings. The molecule has 3 aliphatic rings. The molecule has 0 amide bonds. The van der Waals surface area contributed by atoms with Crippen LogP contribution < -0.4 is 0 Å². The Morgan fingerprint density at radius 2 is 2.21 bits per heavy atom. The highest BCUT2D eigenvalue weighted by atomic mass is 35.5. The van der Waals surface area contributed by atoms with Crippen LogP contribution in [0.3, 0.4) is 0 Å². The van der Waals surface area contributed by atoms with Crippen LogP contribution in [-0.4, -0.2) is 0 Å². The molecule has 0 radical (unpaired) electrons. The minimum absolute atomic E-state index is 0.525. The van der Waals surface area contributed by atoms with Crippen LogP contribution in [0.4, 0.5) is 0 Å². The van der Waals surface area contributed by atoms with E-state index in [1.807, 2.05) is 12.2 Å². The van der Waals surface area contributed by atoms with Crippen molar-refractivity contribution in [2.75, 3.05) is 0 Å². The fourth-order valence-electron chi connectivity index (χ4n) is 2.08. The molecule has 0 aromatic heterocycles. The molecule has 1 atom stereocenters. The lowest BCUT2D eigenvalue weighted by Crippen LogP contribution is -2.12. The van der Waals surface area contributed by atoms with Gasteiger partial charge < -0.3 is 4.74 Å². The van der Waals surface area contributed by atoms with Crippen LogP contribution in [0.5, 0.6) is 0 Å². The number of hydrogen-bond acceptors (Lipinski definition) is 1. The third-order valence-electron chi connectivity index (χ3n) is 2.96. The number of allylic oxidation sites excluding steroid dienone is 6. The standard InChI is InChI=1S/C12H11ClO/c13-11-6-5-9(8-3-4-8)10-2-1-7-14-12(10)11/h1-2,5-9H,3-4H2. The van der Waals surface area contributed by atoms with Gasteiger partial charge in [0.2, 0.25) is 0 Å². The highest BCUT2D eigenvalue weighted by molar-refractivity contribution is 6.31. The summed E-state index contributed by atoms with van der Waals surface area (Å²) in [5.41, 5.74) is 1.25. The Morgan fingerprint density at radius 1 is 1.36 bits per heavy atom. The molecule has 1 nitrogen and oxygen atoms in total. The Hall–Kier alpha value is -0.950. The molecular formula is C12H11ClO. The van der Waals surface area contributed by atoms with E-state index in [4.69, 9.17) is 16.3 Å². The summed E-state index contributed by atoms with van der Waals surface area (Å²) < 4.78 is 5.45. The highest BCUT2D eigenvalue weighted by Gasteiger charge is 2.36. The lowest BCUT2D eigenvalue weighted by Gasteiger charge is -2.24. The number of rotatable bonds is 1. The summed E-state index contributed by atoms with van der Waals surface area (Å²) in [5, 5.41) is 0.720. The maximum atomic E-state index is 6.07. The van der Waals surface area contributed by atoms with Gasteiger partial charge in [-0.1, -0.05) is 23.8 Å². The maximum absolute atomic E-state index is 6.07. The van der Waals surface area contributed by atoms with Gasteiger partial charge in [-0.2, -0.15) is 0 Å². The zero-order chi connectivity index (χ0) is 9.54. The Bertz CT molecular complexity index is 383. The summed E-state index contributed by atoms with van der Waals surface area (Å²) in [4.78, 5) is 0. The fourth-order valence-corrected chi connectivity index (χ4v) is 2.31. The van der Waals surface area contributed by atoms with Crippen LogP contribution in [-0.2, 0) is 4.74 Å². The van der Waals surface area contributed by atoms with Crippen molar-refractivity contribution in [3.8, 4) is 0 Å². The molecule has 1 fully saturated rings. The van der Waals surface area contributed by atoms with E-state index < -0.39 is 0 Å². The average molecular weight is 207 g/mol. The lowest BCUT2D eigenvalue weighted by molar-refractivity contribution is 0.341. The van der Waals surface area contributed by atoms with Crippen LogP contribution in [0.15, 0.2) is 46.9 Å². The summed E-state index contributed by atoms with van der Waals surface area (Å²) in [6.45, 7) is 0. The third kappa shape index (κ3) is 1.24. The molecule has 1 aliphatic heterocycles. The second kappa shape index (κ2) is 3.03. The molecule has 0 saturated heterocycles. The second-order valence-corrected chi connectivity index (χ2v) is 4.37. The summed E-state index contributed by atoms with van der Waals surface area (Å²) in [7, 11) is 0. The van der Waals surface area contributed by atoms with Gasteiger partial charge in [0.15, 0.2) is 0 Å². The minimum Gasteiger partial charge on any atom is -0.463 e. The van der Waals surface area contributed by atoms with Crippen LogP contribution >= 0.6 is 11.6 Å². The first-order valence-electron chi connectivity index (χ1n) is 4.98. The molecule has 1 unspecified atom stereocenters. The van der Waals surface area contributed by atoms with Crippen molar-refractivity contribution in [2.45, 2.75) is 12.8 Å². The van der Waals surface area contributed by atoms with Gasteiger partial charge in [0, 0.05) is 11.5 Å². The molecule has 0 aromatic carbocycles. The highest BCUT2D eigenvalue weighted by Crippen LogP contribution is 2.46. The van der Waals surface area contributed by atoms with Crippen molar-refractivity contribution >= 4 is 11.6 Å². The Balaban J connectivity index is 2.02. The van der Waals surface area contributed by atoms with Crippen LogP contribution in [0.25, 0.3) is 0 Å². The smallest absolute Gasteiger partial charge is 0.148 e. The SMILES string of the molecule is ClC1=C2OC=CC=C2C(C2CC2)C=C1. The first-order valence-corrected chi connectivity index (χ1v) is 5.36. The van der Waals surface area contributed by atoms with Gasteiger partial charge in [0.25, 0.3) is 0 Å². The molecule has 1 heterocycles. The largest absolute Gasteiger partial charge is 0.463 e. The van der Waals surface area contributed by atoms with Crippen molar-refractivity contribution in [3.05, 3.63) is 46.9 Å². The predicted molar refractivity (Wildman–Crippen MR) is 56.5 cm³/mol. The van der Waals surface area contributed by atoms with E-state index in [2.05, 4.69) is 12.2 Å². The fraction of sp³-hybridized carbons (Fsp3) is 0.333. The van der Waals surface area contributed by atoms with Gasteiger partial charge in [0.05, 0.1) is 11.3 Å². The summed E-state index contributed by atoms with van der Waals surface area (Å²) >= 11 is 6.07. The van der Waals surface area contributed by atoms with Crippen LogP contribution in [0.1, 0.15) is 12.8 Å². The number of halogens is 1. The molecule has 0 bridgehead atoms. The topological polar surface area (TPSA) is 9.23 Å². The summed E-state index contributed by atoms with van der Waals surface area (Å²) in [6.07, 6.45) is 12.6. The maximum Gasteiger partial charge on any atom is 0.148 e. The summed E-state index contributed by atoms with van der Waals surface area (Å²) in [6, 6.07) is 0. The number of fused-ring (bicyclic) bond motifs is 1. The molecule has 1 saturated carbocycles. The zero-order valence-corrected chi connectivity index (χ0v) is 8.50. The van der Waals surface area contributed by atoms with Crippen molar-refractivity contribution in [1.29, 1.82) is 0 Å². The third-order valence-corrected chi connectivity index (χ3v) is 3.26. The van der Waals surface area contributed by atoms with Gasteiger partial charge >= 0.3 is 0 Å². The number of hydrogen-bond donors (Lipinski definition) is 0. The minimum atomic E-state index is 0.525. The monoisotopic (exact) mass is 206 g/mol. The van der Waals surface area contributed by atoms with Gasteiger partial charge in [-0.05, 0) is 30.9 Å². The number of ether oxygens (including phenoxy) is 1. The average Bonchev–Trinajstić information content (AvgIpc) is 3.03. The predicted octanol–water partition coefficient (Wildman–Crippen LogP) is 3.50. The molecule has 14 heavy (non-hydrogen) atoms. The first-order chi connectivity index (χ1) is 6.86. The molecule has 2 heteroatoms. The van der Waals surface area contributed by atoms with Crippen molar-refractivity contribution < 1.29 is 4.74 Å². The van der Waals surface area contributed by atoms with E-state index in [1.165, 1.54) is 18.4 Å². The molecule has 0 N–H and O–H groups in total. The van der Waals surface area contributed by atoms with E-state index in [0.717, 1.165) is 16.7 Å². The van der Waals surface area contributed by atoms with Crippen molar-refractivity contribution in [3.63, 3.8) is 0 Å². The van der Waals surface area contributed by atoms with E-state index in [0.29, 0.717) is 5.92 Å². The molecular weight excluding hydrogens is 196 g/mol. The molecule has 0 spiro atoms. The normalized spacial score (nSPS) is 29.8. The zero-order valence-electron chi connectivity index (χ0n) is 7.74.